The zero-order valence-electron chi connectivity index (χ0n) is 15.5. The lowest BCUT2D eigenvalue weighted by molar-refractivity contribution is -0.151. The highest BCUT2D eigenvalue weighted by molar-refractivity contribution is 7.89. The fourth-order valence-electron chi connectivity index (χ4n) is 3.34. The van der Waals surface area contributed by atoms with Crippen molar-refractivity contribution in [3.8, 4) is 0 Å². The SMILES string of the molecule is O=C(OCc1nc2ccccc2s1)C1CCCN(S(=O)(=O)c2ccc(F)cc2)C1. The average molecular weight is 435 g/mol. The van der Waals surface area contributed by atoms with E-state index in [0.717, 1.165) is 22.3 Å². The summed E-state index contributed by atoms with van der Waals surface area (Å²) in [6, 6.07) is 12.4. The minimum absolute atomic E-state index is 0.0161. The summed E-state index contributed by atoms with van der Waals surface area (Å²) in [4.78, 5) is 17.0. The van der Waals surface area contributed by atoms with Crippen molar-refractivity contribution in [3.05, 3.63) is 59.4 Å². The van der Waals surface area contributed by atoms with Gasteiger partial charge in [0.25, 0.3) is 0 Å². The first-order valence-corrected chi connectivity index (χ1v) is 11.5. The highest BCUT2D eigenvalue weighted by Crippen LogP contribution is 2.26. The number of esters is 1. The van der Waals surface area contributed by atoms with E-state index in [1.807, 2.05) is 24.3 Å². The lowest BCUT2D eigenvalue weighted by Gasteiger charge is -2.30. The number of sulfonamides is 1. The van der Waals surface area contributed by atoms with Crippen LogP contribution in [0.1, 0.15) is 17.8 Å². The monoisotopic (exact) mass is 434 g/mol. The highest BCUT2D eigenvalue weighted by Gasteiger charge is 2.34. The van der Waals surface area contributed by atoms with Crippen LogP contribution >= 0.6 is 11.3 Å². The summed E-state index contributed by atoms with van der Waals surface area (Å²) >= 11 is 1.46. The zero-order valence-corrected chi connectivity index (χ0v) is 17.1. The first-order valence-electron chi connectivity index (χ1n) is 9.20. The van der Waals surface area contributed by atoms with E-state index in [9.17, 15) is 17.6 Å². The Kier molecular flexibility index (Phi) is 5.62. The molecular formula is C20H19FN2O4S2. The molecule has 9 heteroatoms. The van der Waals surface area contributed by atoms with Gasteiger partial charge in [-0.15, -0.1) is 11.3 Å². The number of fused-ring (bicyclic) bond motifs is 1. The molecule has 0 spiro atoms. The molecule has 0 amide bonds. The van der Waals surface area contributed by atoms with E-state index in [2.05, 4.69) is 4.98 Å². The van der Waals surface area contributed by atoms with E-state index < -0.39 is 27.7 Å². The Hall–Kier alpha value is -2.36. The van der Waals surface area contributed by atoms with Gasteiger partial charge in [-0.25, -0.2) is 17.8 Å². The fourth-order valence-corrected chi connectivity index (χ4v) is 5.75. The van der Waals surface area contributed by atoms with Gasteiger partial charge in [-0.1, -0.05) is 12.1 Å². The number of para-hydroxylation sites is 1. The topological polar surface area (TPSA) is 76.6 Å². The minimum Gasteiger partial charge on any atom is -0.458 e. The van der Waals surface area contributed by atoms with Gasteiger partial charge in [-0.05, 0) is 49.2 Å². The van der Waals surface area contributed by atoms with Crippen molar-refractivity contribution in [2.45, 2.75) is 24.3 Å². The van der Waals surface area contributed by atoms with Crippen LogP contribution in [0.3, 0.4) is 0 Å². The molecule has 1 aliphatic heterocycles. The molecule has 1 aliphatic rings. The van der Waals surface area contributed by atoms with E-state index >= 15 is 0 Å². The summed E-state index contributed by atoms with van der Waals surface area (Å²) in [6.07, 6.45) is 1.12. The molecule has 6 nitrogen and oxygen atoms in total. The summed E-state index contributed by atoms with van der Waals surface area (Å²) in [6.45, 7) is 0.444. The van der Waals surface area contributed by atoms with Crippen molar-refractivity contribution in [1.82, 2.24) is 9.29 Å². The number of thiazole rings is 1. The van der Waals surface area contributed by atoms with E-state index in [4.69, 9.17) is 4.74 Å². The Morgan fingerprint density at radius 1 is 1.21 bits per heavy atom. The molecule has 0 aliphatic carbocycles. The van der Waals surface area contributed by atoms with Gasteiger partial charge in [0, 0.05) is 13.1 Å². The Labute approximate surface area is 172 Å². The predicted molar refractivity (Wildman–Crippen MR) is 107 cm³/mol. The maximum Gasteiger partial charge on any atom is 0.310 e. The molecule has 152 valence electrons. The molecule has 1 aromatic heterocycles. The Balaban J connectivity index is 1.40. The Morgan fingerprint density at radius 3 is 2.72 bits per heavy atom. The number of carbonyl (C=O) groups excluding carboxylic acids is 1. The molecule has 2 heterocycles. The maximum absolute atomic E-state index is 13.1. The number of piperidine rings is 1. The second kappa shape index (κ2) is 8.17. The van der Waals surface area contributed by atoms with Gasteiger partial charge in [-0.3, -0.25) is 4.79 Å². The lowest BCUT2D eigenvalue weighted by Crippen LogP contribution is -2.42. The number of halogens is 1. The fraction of sp³-hybridized carbons (Fsp3) is 0.300. The third-order valence-corrected chi connectivity index (χ3v) is 7.73. The van der Waals surface area contributed by atoms with E-state index in [0.29, 0.717) is 24.4 Å². The van der Waals surface area contributed by atoms with Crippen LogP contribution < -0.4 is 0 Å². The first-order chi connectivity index (χ1) is 13.9. The number of ether oxygens (including phenoxy) is 1. The zero-order chi connectivity index (χ0) is 20.4. The van der Waals surface area contributed by atoms with Crippen molar-refractivity contribution in [3.63, 3.8) is 0 Å². The smallest absolute Gasteiger partial charge is 0.310 e. The molecule has 29 heavy (non-hydrogen) atoms. The number of rotatable bonds is 5. The van der Waals surface area contributed by atoms with Gasteiger partial charge in [0.15, 0.2) is 0 Å². The van der Waals surface area contributed by atoms with Gasteiger partial charge < -0.3 is 4.74 Å². The van der Waals surface area contributed by atoms with Crippen LogP contribution in [0.5, 0.6) is 0 Å². The largest absolute Gasteiger partial charge is 0.458 e. The Morgan fingerprint density at radius 2 is 1.97 bits per heavy atom. The van der Waals surface area contributed by atoms with Crippen molar-refractivity contribution in [1.29, 1.82) is 0 Å². The van der Waals surface area contributed by atoms with Crippen LogP contribution in [0, 0.1) is 11.7 Å². The van der Waals surface area contributed by atoms with Gasteiger partial charge in [-0.2, -0.15) is 4.31 Å². The van der Waals surface area contributed by atoms with Crippen molar-refractivity contribution < 1.29 is 22.3 Å². The van der Waals surface area contributed by atoms with Gasteiger partial charge in [0.2, 0.25) is 10.0 Å². The molecule has 1 unspecified atom stereocenters. The van der Waals surface area contributed by atoms with E-state index in [-0.39, 0.29) is 18.0 Å². The molecule has 4 rings (SSSR count). The number of carbonyl (C=O) groups is 1. The number of aromatic nitrogens is 1. The standard InChI is InChI=1S/C20H19FN2O4S2/c21-15-7-9-16(10-8-15)29(25,26)23-11-3-4-14(12-23)20(24)27-13-19-22-17-5-1-2-6-18(17)28-19/h1-2,5-10,14H,3-4,11-13H2. The van der Waals surface area contributed by atoms with E-state index in [1.165, 1.54) is 27.8 Å². The molecule has 0 saturated carbocycles. The molecule has 0 N–H and O–H groups in total. The predicted octanol–water partition coefficient (Wildman–Crippen LogP) is 3.58. The van der Waals surface area contributed by atoms with Gasteiger partial charge in [0.05, 0.1) is 21.0 Å². The summed E-state index contributed by atoms with van der Waals surface area (Å²) in [5.41, 5.74) is 0.859. The average Bonchev–Trinajstić information content (AvgIpc) is 3.15. The third kappa shape index (κ3) is 4.31. The normalized spacial score (nSPS) is 18.0. The van der Waals surface area contributed by atoms with Crippen LogP contribution in [0.2, 0.25) is 0 Å². The molecule has 3 aromatic rings. The van der Waals surface area contributed by atoms with Crippen LogP contribution in [-0.2, 0) is 26.2 Å². The second-order valence-electron chi connectivity index (χ2n) is 6.84. The highest BCUT2D eigenvalue weighted by atomic mass is 32.2. The summed E-state index contributed by atoms with van der Waals surface area (Å²) in [5, 5.41) is 0.700. The molecular weight excluding hydrogens is 415 g/mol. The lowest BCUT2D eigenvalue weighted by atomic mass is 10.0. The van der Waals surface area contributed by atoms with Crippen molar-refractivity contribution in [2.24, 2.45) is 5.92 Å². The molecule has 1 fully saturated rings. The second-order valence-corrected chi connectivity index (χ2v) is 9.89. The van der Waals surface area contributed by atoms with Crippen LogP contribution in [0.4, 0.5) is 4.39 Å². The Bertz CT molecular complexity index is 1100. The quantitative estimate of drug-likeness (QED) is 0.574. The summed E-state index contributed by atoms with van der Waals surface area (Å²) < 4.78 is 46.4. The minimum atomic E-state index is -3.78. The summed E-state index contributed by atoms with van der Waals surface area (Å²) in [5.74, 6) is -1.46. The van der Waals surface area contributed by atoms with E-state index in [1.54, 1.807) is 0 Å². The number of hydrogen-bond donors (Lipinski definition) is 0. The van der Waals surface area contributed by atoms with Crippen LogP contribution in [-0.4, -0.2) is 36.8 Å². The number of benzene rings is 2. The molecule has 1 atom stereocenters. The van der Waals surface area contributed by atoms with Gasteiger partial charge >= 0.3 is 5.97 Å². The number of hydrogen-bond acceptors (Lipinski definition) is 6. The van der Waals surface area contributed by atoms with Crippen molar-refractivity contribution in [2.75, 3.05) is 13.1 Å². The van der Waals surface area contributed by atoms with Crippen molar-refractivity contribution >= 4 is 37.5 Å². The molecule has 2 aromatic carbocycles. The molecule has 0 bridgehead atoms. The summed E-state index contributed by atoms with van der Waals surface area (Å²) in [7, 11) is -3.78. The third-order valence-electron chi connectivity index (χ3n) is 4.84. The van der Waals surface area contributed by atoms with Crippen LogP contribution in [0.25, 0.3) is 10.2 Å². The molecule has 0 radical (unpaired) electrons. The van der Waals surface area contributed by atoms with Gasteiger partial charge in [0.1, 0.15) is 17.4 Å². The number of nitrogens with zero attached hydrogens (tertiary/aromatic N) is 2. The first kappa shape index (κ1) is 19.9. The maximum atomic E-state index is 13.1. The molecule has 1 saturated heterocycles. The van der Waals surface area contributed by atoms with Crippen LogP contribution in [0.15, 0.2) is 53.4 Å².